The van der Waals surface area contributed by atoms with Gasteiger partial charge in [0.2, 0.25) is 0 Å². The lowest BCUT2D eigenvalue weighted by Gasteiger charge is -2.17. The van der Waals surface area contributed by atoms with Gasteiger partial charge in [0.1, 0.15) is 0 Å². The molecular formula is C16H12N2S3. The lowest BCUT2D eigenvalue weighted by atomic mass is 10.2. The molecule has 21 heavy (non-hydrogen) atoms. The maximum absolute atomic E-state index is 4.33. The van der Waals surface area contributed by atoms with E-state index in [0.717, 1.165) is 11.2 Å². The minimum absolute atomic E-state index is 0.218. The van der Waals surface area contributed by atoms with Gasteiger partial charge in [-0.1, -0.05) is 12.1 Å². The Labute approximate surface area is 134 Å². The summed E-state index contributed by atoms with van der Waals surface area (Å²) >= 11 is 5.25. The summed E-state index contributed by atoms with van der Waals surface area (Å²) in [7, 11) is 0. The number of aromatic nitrogens is 1. The summed E-state index contributed by atoms with van der Waals surface area (Å²) in [5, 5.41) is 7.92. The van der Waals surface area contributed by atoms with Crippen LogP contribution in [0.2, 0.25) is 0 Å². The molecule has 0 radical (unpaired) electrons. The van der Waals surface area contributed by atoms with E-state index < -0.39 is 0 Å². The van der Waals surface area contributed by atoms with Crippen molar-refractivity contribution in [2.45, 2.75) is 6.04 Å². The lowest BCUT2D eigenvalue weighted by Crippen LogP contribution is -2.09. The van der Waals surface area contributed by atoms with Crippen LogP contribution in [-0.2, 0) is 0 Å². The van der Waals surface area contributed by atoms with Crippen molar-refractivity contribution in [3.05, 3.63) is 68.5 Å². The summed E-state index contributed by atoms with van der Waals surface area (Å²) in [5.74, 6) is 0. The zero-order valence-corrected chi connectivity index (χ0v) is 13.5. The van der Waals surface area contributed by atoms with Crippen molar-refractivity contribution in [3.63, 3.8) is 0 Å². The molecule has 0 saturated heterocycles. The van der Waals surface area contributed by atoms with Gasteiger partial charge in [-0.05, 0) is 41.1 Å². The van der Waals surface area contributed by atoms with Gasteiger partial charge in [0, 0.05) is 15.4 Å². The first-order chi connectivity index (χ1) is 10.4. The molecule has 1 aromatic carbocycles. The van der Waals surface area contributed by atoms with E-state index in [1.807, 2.05) is 5.51 Å². The number of nitrogens with one attached hydrogen (secondary N) is 1. The van der Waals surface area contributed by atoms with Crippen molar-refractivity contribution in [2.75, 3.05) is 5.32 Å². The highest BCUT2D eigenvalue weighted by Crippen LogP contribution is 2.33. The van der Waals surface area contributed by atoms with Crippen LogP contribution in [0.4, 0.5) is 5.69 Å². The Balaban J connectivity index is 1.71. The maximum atomic E-state index is 4.33. The van der Waals surface area contributed by atoms with Gasteiger partial charge in [-0.15, -0.1) is 34.0 Å². The second-order valence-corrected chi connectivity index (χ2v) is 7.49. The fourth-order valence-corrected chi connectivity index (χ4v) is 4.68. The molecule has 0 spiro atoms. The molecule has 0 aliphatic carbocycles. The van der Waals surface area contributed by atoms with Crippen molar-refractivity contribution in [1.29, 1.82) is 0 Å². The van der Waals surface area contributed by atoms with Crippen LogP contribution in [0.5, 0.6) is 0 Å². The van der Waals surface area contributed by atoms with Crippen LogP contribution in [0.3, 0.4) is 0 Å². The average Bonchev–Trinajstić information content (AvgIpc) is 3.24. The number of nitrogens with zero attached hydrogens (tertiary/aromatic N) is 1. The Morgan fingerprint density at radius 2 is 1.67 bits per heavy atom. The largest absolute Gasteiger partial charge is 0.373 e. The molecule has 1 N–H and O–H groups in total. The molecule has 0 fully saturated rings. The number of anilines is 1. The summed E-state index contributed by atoms with van der Waals surface area (Å²) in [6.07, 6.45) is 0. The molecule has 104 valence electrons. The second kappa shape index (κ2) is 5.60. The van der Waals surface area contributed by atoms with Crippen molar-refractivity contribution >= 4 is 49.9 Å². The third kappa shape index (κ3) is 2.60. The van der Waals surface area contributed by atoms with Crippen LogP contribution in [-0.4, -0.2) is 4.98 Å². The Morgan fingerprint density at radius 1 is 0.905 bits per heavy atom. The number of benzene rings is 1. The Bertz CT molecular complexity index is 797. The quantitative estimate of drug-likeness (QED) is 0.526. The SMILES string of the molecule is c1csc(C(Nc2ccc3ncsc3c2)c2cccs2)c1. The summed E-state index contributed by atoms with van der Waals surface area (Å²) in [6.45, 7) is 0. The highest BCUT2D eigenvalue weighted by Gasteiger charge is 2.16. The topological polar surface area (TPSA) is 24.9 Å². The Kier molecular flexibility index (Phi) is 3.47. The first kappa shape index (κ1) is 13.0. The number of hydrogen-bond donors (Lipinski definition) is 1. The molecule has 0 atom stereocenters. The molecule has 0 saturated carbocycles. The summed E-state index contributed by atoms with van der Waals surface area (Å²) in [4.78, 5) is 7.00. The number of thiophene rings is 2. The summed E-state index contributed by atoms with van der Waals surface area (Å²) in [5.41, 5.74) is 4.10. The molecule has 0 bridgehead atoms. The van der Waals surface area contributed by atoms with Crippen LogP contribution in [0.15, 0.2) is 58.7 Å². The monoisotopic (exact) mass is 328 g/mol. The minimum atomic E-state index is 0.218. The lowest BCUT2D eigenvalue weighted by molar-refractivity contribution is 0.994. The molecule has 0 unspecified atom stereocenters. The van der Waals surface area contributed by atoms with Gasteiger partial charge in [-0.2, -0.15) is 0 Å². The summed E-state index contributed by atoms with van der Waals surface area (Å²) < 4.78 is 1.22. The molecule has 3 heterocycles. The van der Waals surface area contributed by atoms with E-state index in [4.69, 9.17) is 0 Å². The van der Waals surface area contributed by atoms with Gasteiger partial charge < -0.3 is 5.32 Å². The van der Waals surface area contributed by atoms with E-state index in [1.54, 1.807) is 34.0 Å². The van der Waals surface area contributed by atoms with Gasteiger partial charge in [0.15, 0.2) is 0 Å². The van der Waals surface area contributed by atoms with Crippen LogP contribution < -0.4 is 5.32 Å². The van der Waals surface area contributed by atoms with Gasteiger partial charge in [-0.25, -0.2) is 4.98 Å². The molecule has 4 aromatic rings. The molecule has 0 aliphatic heterocycles. The molecule has 0 aliphatic rings. The van der Waals surface area contributed by atoms with Crippen LogP contribution in [0.1, 0.15) is 15.8 Å². The van der Waals surface area contributed by atoms with E-state index in [9.17, 15) is 0 Å². The fourth-order valence-electron chi connectivity index (χ4n) is 2.31. The van der Waals surface area contributed by atoms with Crippen LogP contribution in [0.25, 0.3) is 10.2 Å². The Hall–Kier alpha value is -1.69. The van der Waals surface area contributed by atoms with Crippen LogP contribution >= 0.6 is 34.0 Å². The first-order valence-electron chi connectivity index (χ1n) is 6.57. The zero-order valence-electron chi connectivity index (χ0n) is 11.0. The maximum Gasteiger partial charge on any atom is 0.0953 e. The van der Waals surface area contributed by atoms with E-state index >= 15 is 0 Å². The van der Waals surface area contributed by atoms with Crippen molar-refractivity contribution in [2.24, 2.45) is 0 Å². The molecule has 5 heteroatoms. The van der Waals surface area contributed by atoms with E-state index in [1.165, 1.54) is 14.5 Å². The highest BCUT2D eigenvalue weighted by molar-refractivity contribution is 7.16. The molecule has 0 amide bonds. The van der Waals surface area contributed by atoms with E-state index in [-0.39, 0.29) is 6.04 Å². The minimum Gasteiger partial charge on any atom is -0.373 e. The fraction of sp³-hybridized carbons (Fsp3) is 0.0625. The number of thiazole rings is 1. The average molecular weight is 328 g/mol. The normalized spacial score (nSPS) is 11.3. The zero-order chi connectivity index (χ0) is 14.1. The van der Waals surface area contributed by atoms with E-state index in [0.29, 0.717) is 0 Å². The van der Waals surface area contributed by atoms with Gasteiger partial charge in [0.25, 0.3) is 0 Å². The third-order valence-corrected chi connectivity index (χ3v) is 5.96. The van der Waals surface area contributed by atoms with Crippen molar-refractivity contribution in [3.8, 4) is 0 Å². The molecule has 3 aromatic heterocycles. The van der Waals surface area contributed by atoms with Gasteiger partial charge in [-0.3, -0.25) is 0 Å². The first-order valence-corrected chi connectivity index (χ1v) is 9.20. The second-order valence-electron chi connectivity index (χ2n) is 4.64. The smallest absolute Gasteiger partial charge is 0.0953 e. The Morgan fingerprint density at radius 3 is 2.33 bits per heavy atom. The predicted octanol–water partition coefficient (Wildman–Crippen LogP) is 5.62. The number of fused-ring (bicyclic) bond motifs is 1. The van der Waals surface area contributed by atoms with Crippen molar-refractivity contribution in [1.82, 2.24) is 4.98 Å². The number of rotatable bonds is 4. The van der Waals surface area contributed by atoms with Gasteiger partial charge >= 0.3 is 0 Å². The van der Waals surface area contributed by atoms with E-state index in [2.05, 4.69) is 63.5 Å². The third-order valence-electron chi connectivity index (χ3n) is 3.30. The van der Waals surface area contributed by atoms with Crippen LogP contribution in [0, 0.1) is 0 Å². The van der Waals surface area contributed by atoms with Crippen molar-refractivity contribution < 1.29 is 0 Å². The molecule has 2 nitrogen and oxygen atoms in total. The highest BCUT2D eigenvalue weighted by atomic mass is 32.1. The molecule has 4 rings (SSSR count). The summed E-state index contributed by atoms with van der Waals surface area (Å²) in [6, 6.07) is 15.2. The van der Waals surface area contributed by atoms with Gasteiger partial charge in [0.05, 0.1) is 21.8 Å². The molecular weight excluding hydrogens is 316 g/mol. The standard InChI is InChI=1S/C16H12N2S3/c1-3-13(19-7-1)16(14-4-2-8-20-14)18-11-5-6-12-15(9-11)21-10-17-12/h1-10,16,18H. The predicted molar refractivity (Wildman–Crippen MR) is 93.7 cm³/mol. The number of hydrogen-bond acceptors (Lipinski definition) is 5.